The van der Waals surface area contributed by atoms with E-state index in [4.69, 9.17) is 11.6 Å². The van der Waals surface area contributed by atoms with Crippen LogP contribution in [0.1, 0.15) is 0 Å². The summed E-state index contributed by atoms with van der Waals surface area (Å²) in [4.78, 5) is 16.2. The van der Waals surface area contributed by atoms with Gasteiger partial charge in [0, 0.05) is 24.8 Å². The van der Waals surface area contributed by atoms with E-state index in [9.17, 15) is 8.42 Å². The number of benzene rings is 1. The number of fused-ring (bicyclic) bond motifs is 1. The predicted molar refractivity (Wildman–Crippen MR) is 90.7 cm³/mol. The molecule has 0 saturated carbocycles. The fraction of sp³-hybridized carbons (Fsp3) is 0.0769. The summed E-state index contributed by atoms with van der Waals surface area (Å²) in [5.41, 5.74) is 1.10. The summed E-state index contributed by atoms with van der Waals surface area (Å²) in [6.07, 6.45) is 5.53. The standard InChI is InChI=1S/C13H9BrClN5O2S/c1-23(21,22)11-9(3-2-8-10(11)17-5-4-16-8)19-12-7(14)6-18-13(15)20-12/h2-6H,1H3,(H,18,19,20). The molecule has 0 saturated heterocycles. The topological polar surface area (TPSA) is 97.7 Å². The molecule has 3 rings (SSSR count). The van der Waals surface area contributed by atoms with Gasteiger partial charge in [-0.05, 0) is 39.7 Å². The number of hydrogen-bond acceptors (Lipinski definition) is 7. The third-order valence-electron chi connectivity index (χ3n) is 2.93. The molecule has 0 aliphatic carbocycles. The van der Waals surface area contributed by atoms with Gasteiger partial charge in [-0.1, -0.05) is 0 Å². The lowest BCUT2D eigenvalue weighted by atomic mass is 10.2. The smallest absolute Gasteiger partial charge is 0.224 e. The first kappa shape index (κ1) is 16.0. The highest BCUT2D eigenvalue weighted by molar-refractivity contribution is 9.10. The minimum absolute atomic E-state index is 0.0391. The van der Waals surface area contributed by atoms with Gasteiger partial charge >= 0.3 is 0 Å². The molecular formula is C13H9BrClN5O2S. The molecule has 7 nitrogen and oxygen atoms in total. The van der Waals surface area contributed by atoms with E-state index in [-0.39, 0.29) is 15.7 Å². The van der Waals surface area contributed by atoms with E-state index in [0.29, 0.717) is 21.5 Å². The fourth-order valence-corrected chi connectivity index (χ4v) is 3.50. The largest absolute Gasteiger partial charge is 0.338 e. The lowest BCUT2D eigenvalue weighted by molar-refractivity contribution is 0.603. The van der Waals surface area contributed by atoms with Crippen LogP contribution in [0.5, 0.6) is 0 Å². The number of rotatable bonds is 3. The summed E-state index contributed by atoms with van der Waals surface area (Å²) in [5.74, 6) is 0.346. The van der Waals surface area contributed by atoms with Crippen LogP contribution in [0.2, 0.25) is 5.28 Å². The number of nitrogens with one attached hydrogen (secondary N) is 1. The fourth-order valence-electron chi connectivity index (χ4n) is 2.05. The van der Waals surface area contributed by atoms with E-state index in [1.165, 1.54) is 18.6 Å². The van der Waals surface area contributed by atoms with Gasteiger partial charge in [-0.3, -0.25) is 9.97 Å². The molecular weight excluding hydrogens is 406 g/mol. The second kappa shape index (κ2) is 5.99. The summed E-state index contributed by atoms with van der Waals surface area (Å²) in [6.45, 7) is 0. The van der Waals surface area contributed by atoms with Crippen LogP contribution in [0.25, 0.3) is 11.0 Å². The monoisotopic (exact) mass is 413 g/mol. The molecule has 3 aromatic rings. The average Bonchev–Trinajstić information content (AvgIpc) is 2.49. The van der Waals surface area contributed by atoms with Crippen molar-refractivity contribution in [3.63, 3.8) is 0 Å². The van der Waals surface area contributed by atoms with Crippen LogP contribution in [0.3, 0.4) is 0 Å². The Labute approximate surface area is 145 Å². The number of halogens is 2. The van der Waals surface area contributed by atoms with Gasteiger partial charge in [0.25, 0.3) is 0 Å². The molecule has 0 radical (unpaired) electrons. The Balaban J connectivity index is 2.23. The molecule has 0 spiro atoms. The molecule has 0 atom stereocenters. The summed E-state index contributed by atoms with van der Waals surface area (Å²) in [6, 6.07) is 3.28. The number of hydrogen-bond donors (Lipinski definition) is 1. The van der Waals surface area contributed by atoms with Crippen molar-refractivity contribution in [2.24, 2.45) is 0 Å². The molecule has 23 heavy (non-hydrogen) atoms. The Hall–Kier alpha value is -1.84. The molecule has 0 aliphatic rings. The van der Waals surface area contributed by atoms with Crippen molar-refractivity contribution in [2.75, 3.05) is 11.6 Å². The quantitative estimate of drug-likeness (QED) is 0.658. The minimum atomic E-state index is -3.56. The molecule has 0 bridgehead atoms. The van der Waals surface area contributed by atoms with E-state index >= 15 is 0 Å². The molecule has 10 heteroatoms. The first-order chi connectivity index (χ1) is 10.9. The van der Waals surface area contributed by atoms with E-state index < -0.39 is 9.84 Å². The minimum Gasteiger partial charge on any atom is -0.338 e. The molecule has 0 amide bonds. The predicted octanol–water partition coefficient (Wildman–Crippen LogP) is 2.98. The van der Waals surface area contributed by atoms with Gasteiger partial charge in [0.05, 0.1) is 15.7 Å². The normalized spacial score (nSPS) is 11.6. The maximum absolute atomic E-state index is 12.2. The average molecular weight is 415 g/mol. The highest BCUT2D eigenvalue weighted by Gasteiger charge is 2.20. The van der Waals surface area contributed by atoms with Crippen LogP contribution in [0.4, 0.5) is 11.5 Å². The van der Waals surface area contributed by atoms with Gasteiger partial charge in [-0.15, -0.1) is 0 Å². The second-order valence-corrected chi connectivity index (χ2v) is 7.74. The van der Waals surface area contributed by atoms with Crippen molar-refractivity contribution < 1.29 is 8.42 Å². The zero-order chi connectivity index (χ0) is 16.6. The maximum Gasteiger partial charge on any atom is 0.224 e. The van der Waals surface area contributed by atoms with Crippen LogP contribution < -0.4 is 5.32 Å². The lowest BCUT2D eigenvalue weighted by Crippen LogP contribution is -2.06. The van der Waals surface area contributed by atoms with Crippen molar-refractivity contribution in [1.29, 1.82) is 0 Å². The van der Waals surface area contributed by atoms with Crippen molar-refractivity contribution in [3.8, 4) is 0 Å². The Bertz CT molecular complexity index is 1010. The lowest BCUT2D eigenvalue weighted by Gasteiger charge is -2.13. The van der Waals surface area contributed by atoms with E-state index in [0.717, 1.165) is 6.26 Å². The molecule has 0 unspecified atom stereocenters. The molecule has 0 fully saturated rings. The third kappa shape index (κ3) is 3.26. The number of sulfone groups is 1. The molecule has 118 valence electrons. The Kier molecular flexibility index (Phi) is 4.17. The van der Waals surface area contributed by atoms with Crippen LogP contribution in [0, 0.1) is 0 Å². The Morgan fingerprint density at radius 1 is 1.17 bits per heavy atom. The summed E-state index contributed by atoms with van der Waals surface area (Å²) >= 11 is 9.07. The van der Waals surface area contributed by atoms with Gasteiger partial charge in [0.2, 0.25) is 5.28 Å². The first-order valence-corrected chi connectivity index (χ1v) is 9.31. The SMILES string of the molecule is CS(=O)(=O)c1c(Nc2nc(Cl)ncc2Br)ccc2nccnc12. The molecule has 2 aromatic heterocycles. The Morgan fingerprint density at radius 3 is 2.65 bits per heavy atom. The van der Waals surface area contributed by atoms with Crippen LogP contribution in [0.15, 0.2) is 40.1 Å². The van der Waals surface area contributed by atoms with Gasteiger partial charge < -0.3 is 5.32 Å². The van der Waals surface area contributed by atoms with Crippen LogP contribution in [-0.4, -0.2) is 34.6 Å². The second-order valence-electron chi connectivity index (χ2n) is 4.60. The third-order valence-corrected chi connectivity index (χ3v) is 4.85. The first-order valence-electron chi connectivity index (χ1n) is 6.25. The van der Waals surface area contributed by atoms with E-state index in [1.807, 2.05) is 0 Å². The van der Waals surface area contributed by atoms with E-state index in [2.05, 4.69) is 41.2 Å². The van der Waals surface area contributed by atoms with Crippen molar-refractivity contribution in [1.82, 2.24) is 19.9 Å². The van der Waals surface area contributed by atoms with Crippen molar-refractivity contribution in [2.45, 2.75) is 4.90 Å². The number of nitrogens with zero attached hydrogens (tertiary/aromatic N) is 4. The van der Waals surface area contributed by atoms with E-state index in [1.54, 1.807) is 12.1 Å². The number of anilines is 2. The zero-order valence-corrected chi connectivity index (χ0v) is 14.8. The number of aromatic nitrogens is 4. The summed E-state index contributed by atoms with van der Waals surface area (Å²) in [7, 11) is -3.56. The van der Waals surface area contributed by atoms with Gasteiger partial charge in [-0.2, -0.15) is 4.98 Å². The van der Waals surface area contributed by atoms with Crippen molar-refractivity contribution >= 4 is 59.9 Å². The summed E-state index contributed by atoms with van der Waals surface area (Å²) < 4.78 is 25.0. The summed E-state index contributed by atoms with van der Waals surface area (Å²) in [5, 5.41) is 2.99. The molecule has 1 N–H and O–H groups in total. The van der Waals surface area contributed by atoms with Gasteiger partial charge in [-0.25, -0.2) is 13.4 Å². The maximum atomic E-state index is 12.2. The van der Waals surface area contributed by atoms with Crippen LogP contribution >= 0.6 is 27.5 Å². The zero-order valence-electron chi connectivity index (χ0n) is 11.7. The molecule has 2 heterocycles. The Morgan fingerprint density at radius 2 is 1.91 bits per heavy atom. The van der Waals surface area contributed by atoms with Crippen LogP contribution in [-0.2, 0) is 9.84 Å². The van der Waals surface area contributed by atoms with Crippen molar-refractivity contribution in [3.05, 3.63) is 40.5 Å². The highest BCUT2D eigenvalue weighted by Crippen LogP contribution is 2.32. The molecule has 1 aromatic carbocycles. The van der Waals surface area contributed by atoms with Gasteiger partial charge in [0.15, 0.2) is 9.84 Å². The van der Waals surface area contributed by atoms with Gasteiger partial charge in [0.1, 0.15) is 16.2 Å². The highest BCUT2D eigenvalue weighted by atomic mass is 79.9. The molecule has 0 aliphatic heterocycles.